The number of fused-ring (bicyclic) bond motifs is 1. The van der Waals surface area contributed by atoms with Gasteiger partial charge >= 0.3 is 0 Å². The van der Waals surface area contributed by atoms with Crippen LogP contribution in [0.2, 0.25) is 0 Å². The van der Waals surface area contributed by atoms with Crippen LogP contribution in [0, 0.1) is 5.82 Å². The van der Waals surface area contributed by atoms with Gasteiger partial charge in [-0.05, 0) is 49.2 Å². The number of nitrogens with one attached hydrogen (secondary N) is 1. The van der Waals surface area contributed by atoms with Gasteiger partial charge in [-0.3, -0.25) is 4.79 Å². The van der Waals surface area contributed by atoms with Gasteiger partial charge in [0, 0.05) is 22.7 Å². The molecule has 2 aromatic carbocycles. The molecule has 1 saturated heterocycles. The highest BCUT2D eigenvalue weighted by atomic mass is 79.9. The molecule has 1 aliphatic rings. The maximum Gasteiger partial charge on any atom is 0.247 e. The van der Waals surface area contributed by atoms with Crippen molar-refractivity contribution in [1.82, 2.24) is 14.9 Å². The number of hydrogen-bond acceptors (Lipinski definition) is 2. The number of hydrogen-bond donors (Lipinski definition) is 1. The van der Waals surface area contributed by atoms with Crippen LogP contribution >= 0.6 is 15.9 Å². The highest BCUT2D eigenvalue weighted by Crippen LogP contribution is 2.31. The summed E-state index contributed by atoms with van der Waals surface area (Å²) in [4.78, 5) is 22.4. The topological polar surface area (TPSA) is 49.0 Å². The quantitative estimate of drug-likeness (QED) is 0.624. The van der Waals surface area contributed by atoms with Gasteiger partial charge in [0.25, 0.3) is 0 Å². The lowest BCUT2D eigenvalue weighted by molar-refractivity contribution is -0.126. The standard InChI is InChI=1S/C20H17BrFN3O/c21-14-8-9-15(22)13(12-14)7-10-19(26)25-11-3-6-18(25)20-23-16-4-1-2-5-17(16)24-20/h1-2,4-5,7-10,12,18H,3,6,11H2,(H,23,24). The zero-order valence-corrected chi connectivity index (χ0v) is 15.5. The number of H-pyrrole nitrogens is 1. The lowest BCUT2D eigenvalue weighted by Crippen LogP contribution is -2.29. The number of aromatic amines is 1. The molecule has 1 unspecified atom stereocenters. The van der Waals surface area contributed by atoms with Crippen LogP contribution in [0.1, 0.15) is 30.3 Å². The van der Waals surface area contributed by atoms with E-state index in [0.717, 1.165) is 34.2 Å². The molecule has 4 rings (SSSR count). The van der Waals surface area contributed by atoms with E-state index in [4.69, 9.17) is 0 Å². The summed E-state index contributed by atoms with van der Waals surface area (Å²) in [5, 5.41) is 0. The number of rotatable bonds is 3. The normalized spacial score (nSPS) is 17.5. The van der Waals surface area contributed by atoms with E-state index in [1.54, 1.807) is 17.0 Å². The maximum absolute atomic E-state index is 13.8. The summed E-state index contributed by atoms with van der Waals surface area (Å²) in [5.41, 5.74) is 2.24. The molecule has 1 amide bonds. The van der Waals surface area contributed by atoms with Crippen molar-refractivity contribution in [2.45, 2.75) is 18.9 Å². The van der Waals surface area contributed by atoms with E-state index in [9.17, 15) is 9.18 Å². The fourth-order valence-corrected chi connectivity index (χ4v) is 3.72. The second-order valence-electron chi connectivity index (χ2n) is 6.33. The van der Waals surface area contributed by atoms with Gasteiger partial charge < -0.3 is 9.88 Å². The number of carbonyl (C=O) groups is 1. The predicted octanol–water partition coefficient (Wildman–Crippen LogP) is 4.84. The molecule has 1 atom stereocenters. The van der Waals surface area contributed by atoms with E-state index < -0.39 is 0 Å². The summed E-state index contributed by atoms with van der Waals surface area (Å²) < 4.78 is 14.6. The van der Waals surface area contributed by atoms with Crippen LogP contribution in [0.25, 0.3) is 17.1 Å². The van der Waals surface area contributed by atoms with Crippen LogP contribution < -0.4 is 0 Å². The molecule has 3 aromatic rings. The number of para-hydroxylation sites is 2. The minimum absolute atomic E-state index is 0.0769. The Morgan fingerprint density at radius 3 is 3.00 bits per heavy atom. The molecule has 0 spiro atoms. The van der Waals surface area contributed by atoms with E-state index in [1.165, 1.54) is 18.2 Å². The SMILES string of the molecule is O=C(C=Cc1cc(Br)ccc1F)N1CCCC1c1nc2ccccc2[nH]1. The Morgan fingerprint density at radius 1 is 1.31 bits per heavy atom. The van der Waals surface area contributed by atoms with Crippen molar-refractivity contribution in [3.63, 3.8) is 0 Å². The van der Waals surface area contributed by atoms with E-state index in [-0.39, 0.29) is 17.8 Å². The summed E-state index contributed by atoms with van der Waals surface area (Å²) in [7, 11) is 0. The number of amides is 1. The molecule has 0 saturated carbocycles. The molecule has 1 fully saturated rings. The van der Waals surface area contributed by atoms with Crippen LogP contribution in [0.15, 0.2) is 53.0 Å². The Balaban J connectivity index is 1.56. The molecule has 1 aliphatic heterocycles. The number of benzene rings is 2. The molecule has 0 aliphatic carbocycles. The molecular weight excluding hydrogens is 397 g/mol. The van der Waals surface area contributed by atoms with Gasteiger partial charge in [0.15, 0.2) is 0 Å². The van der Waals surface area contributed by atoms with Crippen LogP contribution in [-0.2, 0) is 4.79 Å². The molecular formula is C20H17BrFN3O. The van der Waals surface area contributed by atoms with Crippen LogP contribution in [0.5, 0.6) is 0 Å². The Morgan fingerprint density at radius 2 is 2.15 bits per heavy atom. The number of aromatic nitrogens is 2. The Bertz CT molecular complexity index is 965. The Kier molecular flexibility index (Phi) is 4.59. The monoisotopic (exact) mass is 413 g/mol. The molecule has 4 nitrogen and oxygen atoms in total. The smallest absolute Gasteiger partial charge is 0.247 e. The fourth-order valence-electron chi connectivity index (χ4n) is 3.34. The van der Waals surface area contributed by atoms with E-state index in [2.05, 4.69) is 25.9 Å². The largest absolute Gasteiger partial charge is 0.340 e. The average Bonchev–Trinajstić information content (AvgIpc) is 3.28. The first-order valence-electron chi connectivity index (χ1n) is 8.50. The van der Waals surface area contributed by atoms with E-state index in [1.807, 2.05) is 24.3 Å². The summed E-state index contributed by atoms with van der Waals surface area (Å²) in [6, 6.07) is 12.4. The molecule has 0 bridgehead atoms. The zero-order valence-electron chi connectivity index (χ0n) is 14.0. The number of likely N-dealkylation sites (tertiary alicyclic amines) is 1. The highest BCUT2D eigenvalue weighted by molar-refractivity contribution is 9.10. The average molecular weight is 414 g/mol. The van der Waals surface area contributed by atoms with Gasteiger partial charge in [-0.1, -0.05) is 28.1 Å². The maximum atomic E-state index is 13.8. The van der Waals surface area contributed by atoms with Gasteiger partial charge in [-0.15, -0.1) is 0 Å². The lowest BCUT2D eigenvalue weighted by Gasteiger charge is -2.21. The van der Waals surface area contributed by atoms with Gasteiger partial charge in [-0.2, -0.15) is 0 Å². The molecule has 2 heterocycles. The summed E-state index contributed by atoms with van der Waals surface area (Å²) >= 11 is 3.32. The summed E-state index contributed by atoms with van der Waals surface area (Å²) in [6.45, 7) is 0.672. The number of carbonyl (C=O) groups excluding carboxylic acids is 1. The molecule has 1 aromatic heterocycles. The van der Waals surface area contributed by atoms with Gasteiger partial charge in [0.05, 0.1) is 17.1 Å². The van der Waals surface area contributed by atoms with Crippen LogP contribution in [-0.4, -0.2) is 27.3 Å². The van der Waals surface area contributed by atoms with Gasteiger partial charge in [0.1, 0.15) is 11.6 Å². The van der Waals surface area contributed by atoms with Crippen molar-refractivity contribution in [3.05, 3.63) is 70.2 Å². The number of halogens is 2. The molecule has 26 heavy (non-hydrogen) atoms. The highest BCUT2D eigenvalue weighted by Gasteiger charge is 2.31. The minimum Gasteiger partial charge on any atom is -0.340 e. The lowest BCUT2D eigenvalue weighted by atomic mass is 10.2. The second kappa shape index (κ2) is 7.03. The predicted molar refractivity (Wildman–Crippen MR) is 103 cm³/mol. The van der Waals surface area contributed by atoms with Crippen molar-refractivity contribution in [1.29, 1.82) is 0 Å². The van der Waals surface area contributed by atoms with Gasteiger partial charge in [-0.25, -0.2) is 9.37 Å². The van der Waals surface area contributed by atoms with Crippen LogP contribution in [0.3, 0.4) is 0 Å². The number of imidazole rings is 1. The Labute approximate surface area is 158 Å². The zero-order chi connectivity index (χ0) is 18.1. The molecule has 0 radical (unpaired) electrons. The second-order valence-corrected chi connectivity index (χ2v) is 7.24. The third kappa shape index (κ3) is 3.29. The first kappa shape index (κ1) is 17.0. The van der Waals surface area contributed by atoms with Crippen molar-refractivity contribution in [3.8, 4) is 0 Å². The number of nitrogens with zero attached hydrogens (tertiary/aromatic N) is 2. The summed E-state index contributed by atoms with van der Waals surface area (Å²) in [5.74, 6) is 0.318. The third-order valence-corrected chi connectivity index (χ3v) is 5.12. The first-order valence-corrected chi connectivity index (χ1v) is 9.29. The first-order chi connectivity index (χ1) is 12.6. The van der Waals surface area contributed by atoms with E-state index in [0.29, 0.717) is 12.1 Å². The van der Waals surface area contributed by atoms with Crippen molar-refractivity contribution in [2.24, 2.45) is 0 Å². The molecule has 132 valence electrons. The van der Waals surface area contributed by atoms with Crippen LogP contribution in [0.4, 0.5) is 4.39 Å². The minimum atomic E-state index is -0.354. The Hall–Kier alpha value is -2.47. The van der Waals surface area contributed by atoms with Gasteiger partial charge in [0.2, 0.25) is 5.91 Å². The van der Waals surface area contributed by atoms with E-state index >= 15 is 0 Å². The van der Waals surface area contributed by atoms with Crippen molar-refractivity contribution >= 4 is 38.9 Å². The molecule has 1 N–H and O–H groups in total. The third-order valence-electron chi connectivity index (χ3n) is 4.62. The van der Waals surface area contributed by atoms with Crippen molar-refractivity contribution in [2.75, 3.05) is 6.54 Å². The molecule has 6 heteroatoms. The fraction of sp³-hybridized carbons (Fsp3) is 0.200. The van der Waals surface area contributed by atoms with Crippen molar-refractivity contribution < 1.29 is 9.18 Å². The summed E-state index contributed by atoms with van der Waals surface area (Å²) in [6.07, 6.45) is 4.75.